The number of nitrogens with zero attached hydrogens (tertiary/aromatic N) is 3. The molecule has 2 aromatic rings. The normalized spacial score (nSPS) is 17.4. The molecular formula is C18H24N4O3. The van der Waals surface area contributed by atoms with E-state index in [0.29, 0.717) is 29.4 Å². The highest BCUT2D eigenvalue weighted by Crippen LogP contribution is 2.34. The Bertz CT molecular complexity index is 746. The van der Waals surface area contributed by atoms with Gasteiger partial charge in [-0.15, -0.1) is 0 Å². The molecule has 1 fully saturated rings. The summed E-state index contributed by atoms with van der Waals surface area (Å²) in [5.74, 6) is 2.67. The number of rotatable bonds is 4. The first-order valence-corrected chi connectivity index (χ1v) is 8.47. The number of amides is 1. The fourth-order valence-electron chi connectivity index (χ4n) is 3.33. The molecule has 3 rings (SSSR count). The van der Waals surface area contributed by atoms with Crippen LogP contribution in [0.4, 0.5) is 0 Å². The number of nitrogens with one attached hydrogen (secondary N) is 1. The third-order valence-corrected chi connectivity index (χ3v) is 4.68. The van der Waals surface area contributed by atoms with E-state index in [4.69, 9.17) is 9.47 Å². The fourth-order valence-corrected chi connectivity index (χ4v) is 3.33. The monoisotopic (exact) mass is 344 g/mol. The summed E-state index contributed by atoms with van der Waals surface area (Å²) in [6.45, 7) is 4.46. The second-order valence-corrected chi connectivity index (χ2v) is 6.29. The minimum Gasteiger partial charge on any atom is -0.496 e. The maximum Gasteiger partial charge on any atom is 0.254 e. The maximum atomic E-state index is 13.2. The molecule has 1 aromatic heterocycles. The van der Waals surface area contributed by atoms with Gasteiger partial charge in [0.15, 0.2) is 5.82 Å². The van der Waals surface area contributed by atoms with Gasteiger partial charge in [0.05, 0.1) is 20.3 Å². The van der Waals surface area contributed by atoms with Gasteiger partial charge >= 0.3 is 0 Å². The van der Waals surface area contributed by atoms with E-state index in [9.17, 15) is 4.79 Å². The second-order valence-electron chi connectivity index (χ2n) is 6.29. The molecule has 1 N–H and O–H groups in total. The lowest BCUT2D eigenvalue weighted by molar-refractivity contribution is 0.0599. The van der Waals surface area contributed by atoms with E-state index in [1.54, 1.807) is 26.4 Å². The minimum absolute atomic E-state index is 0.0521. The third-order valence-electron chi connectivity index (χ3n) is 4.68. The third kappa shape index (κ3) is 3.31. The van der Waals surface area contributed by atoms with Crippen molar-refractivity contribution in [1.82, 2.24) is 20.1 Å². The van der Waals surface area contributed by atoms with E-state index in [1.165, 1.54) is 0 Å². The summed E-state index contributed by atoms with van der Waals surface area (Å²) in [7, 11) is 3.19. The number of likely N-dealkylation sites (tertiary alicyclic amines) is 1. The standard InChI is InChI=1S/C18H24N4O3/c1-11-15(24-3)9-13(10-16(11)25-4)18(23)22-8-6-5-7-14(22)17-19-12(2)20-21-17/h9-10,14H,5-8H2,1-4H3,(H,19,20,21). The van der Waals surface area contributed by atoms with Crippen molar-refractivity contribution in [3.63, 3.8) is 0 Å². The minimum atomic E-state index is -0.107. The predicted octanol–water partition coefficient (Wildman–Crippen LogP) is 2.81. The van der Waals surface area contributed by atoms with Gasteiger partial charge in [0, 0.05) is 17.7 Å². The van der Waals surface area contributed by atoms with Crippen LogP contribution in [0.5, 0.6) is 11.5 Å². The van der Waals surface area contributed by atoms with Crippen LogP contribution in [-0.4, -0.2) is 46.8 Å². The molecule has 134 valence electrons. The number of piperidine rings is 1. The summed E-state index contributed by atoms with van der Waals surface area (Å²) in [6, 6.07) is 3.44. The van der Waals surface area contributed by atoms with Gasteiger partial charge in [-0.25, -0.2) is 4.98 Å². The van der Waals surface area contributed by atoms with Crippen molar-refractivity contribution in [2.24, 2.45) is 0 Å². The Morgan fingerprint density at radius 2 is 1.88 bits per heavy atom. The number of aromatic nitrogens is 3. The van der Waals surface area contributed by atoms with Gasteiger partial charge in [0.1, 0.15) is 17.3 Å². The molecule has 1 aliphatic heterocycles. The molecule has 1 amide bonds. The van der Waals surface area contributed by atoms with Gasteiger partial charge < -0.3 is 14.4 Å². The SMILES string of the molecule is COc1cc(C(=O)N2CCCCC2c2n[nH]c(C)n2)cc(OC)c1C. The van der Waals surface area contributed by atoms with E-state index >= 15 is 0 Å². The van der Waals surface area contributed by atoms with Crippen molar-refractivity contribution in [3.05, 3.63) is 34.9 Å². The van der Waals surface area contributed by atoms with Crippen LogP contribution in [-0.2, 0) is 0 Å². The van der Waals surface area contributed by atoms with Gasteiger partial charge in [0.2, 0.25) is 0 Å². The average Bonchev–Trinajstić information content (AvgIpc) is 3.07. The number of ether oxygens (including phenoxy) is 2. The number of benzene rings is 1. The van der Waals surface area contributed by atoms with Crippen LogP contribution >= 0.6 is 0 Å². The van der Waals surface area contributed by atoms with Gasteiger partial charge in [-0.1, -0.05) is 0 Å². The van der Waals surface area contributed by atoms with Crippen molar-refractivity contribution in [1.29, 1.82) is 0 Å². The van der Waals surface area contributed by atoms with Crippen LogP contribution in [0.15, 0.2) is 12.1 Å². The first kappa shape index (κ1) is 17.3. The summed E-state index contributed by atoms with van der Waals surface area (Å²) in [6.07, 6.45) is 2.90. The highest BCUT2D eigenvalue weighted by molar-refractivity contribution is 5.95. The molecule has 7 nitrogen and oxygen atoms in total. The Labute approximate surface area is 147 Å². The lowest BCUT2D eigenvalue weighted by Gasteiger charge is -2.34. The first-order valence-electron chi connectivity index (χ1n) is 8.47. The van der Waals surface area contributed by atoms with Crippen molar-refractivity contribution >= 4 is 5.91 Å². The molecule has 0 saturated carbocycles. The number of carbonyl (C=O) groups is 1. The van der Waals surface area contributed by atoms with E-state index < -0.39 is 0 Å². The van der Waals surface area contributed by atoms with Gasteiger partial charge in [-0.2, -0.15) is 5.10 Å². The van der Waals surface area contributed by atoms with E-state index in [1.807, 2.05) is 18.7 Å². The second kappa shape index (κ2) is 7.13. The molecule has 25 heavy (non-hydrogen) atoms. The summed E-state index contributed by atoms with van der Waals surface area (Å²) < 4.78 is 10.8. The molecule has 2 heterocycles. The zero-order chi connectivity index (χ0) is 18.0. The van der Waals surface area contributed by atoms with Crippen molar-refractivity contribution < 1.29 is 14.3 Å². The molecular weight excluding hydrogens is 320 g/mol. The Kier molecular flexibility index (Phi) is 4.92. The molecule has 1 aromatic carbocycles. The Balaban J connectivity index is 1.95. The van der Waals surface area contributed by atoms with Crippen LogP contribution < -0.4 is 9.47 Å². The quantitative estimate of drug-likeness (QED) is 0.922. The summed E-state index contributed by atoms with van der Waals surface area (Å²) in [5, 5.41) is 7.14. The fraction of sp³-hybridized carbons (Fsp3) is 0.500. The number of aryl methyl sites for hydroxylation is 1. The van der Waals surface area contributed by atoms with Crippen LogP contribution in [0.25, 0.3) is 0 Å². The Morgan fingerprint density at radius 1 is 1.20 bits per heavy atom. The van der Waals surface area contributed by atoms with Crippen LogP contribution in [0.2, 0.25) is 0 Å². The largest absolute Gasteiger partial charge is 0.496 e. The van der Waals surface area contributed by atoms with Crippen LogP contribution in [0.1, 0.15) is 52.9 Å². The molecule has 1 saturated heterocycles. The Hall–Kier alpha value is -2.57. The molecule has 0 spiro atoms. The topological polar surface area (TPSA) is 80.3 Å². The average molecular weight is 344 g/mol. The zero-order valence-corrected chi connectivity index (χ0v) is 15.1. The Morgan fingerprint density at radius 3 is 2.44 bits per heavy atom. The number of hydrogen-bond acceptors (Lipinski definition) is 5. The smallest absolute Gasteiger partial charge is 0.254 e. The number of hydrogen-bond donors (Lipinski definition) is 1. The van der Waals surface area contributed by atoms with Crippen molar-refractivity contribution in [3.8, 4) is 11.5 Å². The zero-order valence-electron chi connectivity index (χ0n) is 15.1. The maximum absolute atomic E-state index is 13.2. The van der Waals surface area contributed by atoms with E-state index in [0.717, 1.165) is 30.7 Å². The highest BCUT2D eigenvalue weighted by atomic mass is 16.5. The molecule has 7 heteroatoms. The molecule has 1 unspecified atom stereocenters. The molecule has 1 aliphatic rings. The van der Waals surface area contributed by atoms with Gasteiger partial charge in [-0.05, 0) is 45.2 Å². The first-order chi connectivity index (χ1) is 12.0. The van der Waals surface area contributed by atoms with Crippen molar-refractivity contribution in [2.45, 2.75) is 39.2 Å². The summed E-state index contributed by atoms with van der Waals surface area (Å²) in [4.78, 5) is 19.5. The van der Waals surface area contributed by atoms with Crippen LogP contribution in [0.3, 0.4) is 0 Å². The number of H-pyrrole nitrogens is 1. The van der Waals surface area contributed by atoms with Crippen molar-refractivity contribution in [2.75, 3.05) is 20.8 Å². The number of carbonyl (C=O) groups excluding carboxylic acids is 1. The molecule has 1 atom stereocenters. The van der Waals surface area contributed by atoms with Gasteiger partial charge in [0.25, 0.3) is 5.91 Å². The van der Waals surface area contributed by atoms with Gasteiger partial charge in [-0.3, -0.25) is 9.89 Å². The molecule has 0 aliphatic carbocycles. The molecule has 0 bridgehead atoms. The number of methoxy groups -OCH3 is 2. The van der Waals surface area contributed by atoms with E-state index in [2.05, 4.69) is 15.2 Å². The summed E-state index contributed by atoms with van der Waals surface area (Å²) >= 11 is 0. The molecule has 0 radical (unpaired) electrons. The highest BCUT2D eigenvalue weighted by Gasteiger charge is 2.32. The van der Waals surface area contributed by atoms with E-state index in [-0.39, 0.29) is 11.9 Å². The lowest BCUT2D eigenvalue weighted by Crippen LogP contribution is -2.39. The summed E-state index contributed by atoms with van der Waals surface area (Å²) in [5.41, 5.74) is 1.43. The lowest BCUT2D eigenvalue weighted by atomic mass is 9.99. The number of aromatic amines is 1. The van der Waals surface area contributed by atoms with Crippen LogP contribution in [0, 0.1) is 13.8 Å². The predicted molar refractivity (Wildman–Crippen MR) is 93.0 cm³/mol.